The van der Waals surface area contributed by atoms with Gasteiger partial charge < -0.3 is 33.2 Å². The first-order chi connectivity index (χ1) is 43.6. The molecule has 0 saturated heterocycles. The molecule has 0 spiro atoms. The largest absolute Gasteiger partial charge is 0.466 e. The smallest absolute Gasteiger partial charge is 0.313 e. The van der Waals surface area contributed by atoms with Crippen LogP contribution in [-0.2, 0) is 79.9 Å². The molecule has 0 unspecified atom stereocenters. The molecule has 0 aliphatic heterocycles. The van der Waals surface area contributed by atoms with Crippen LogP contribution in [0.25, 0.3) is 11.1 Å². The van der Waals surface area contributed by atoms with Gasteiger partial charge in [-0.1, -0.05) is 246 Å². The van der Waals surface area contributed by atoms with Crippen LogP contribution in [0.5, 0.6) is 0 Å². The Morgan fingerprint density at radius 2 is 0.875 bits per heavy atom. The fourth-order valence-electron chi connectivity index (χ4n) is 6.68. The third kappa shape index (κ3) is 47.2. The second-order valence-electron chi connectivity index (χ2n) is 26.7. The van der Waals surface area contributed by atoms with E-state index in [2.05, 4.69) is 99.8 Å². The second kappa shape index (κ2) is 52.5. The highest BCUT2D eigenvalue weighted by Crippen LogP contribution is 2.44. The van der Waals surface area contributed by atoms with Crippen LogP contribution in [0.1, 0.15) is 202 Å². The maximum atomic E-state index is 11.7. The van der Waals surface area contributed by atoms with Crippen molar-refractivity contribution >= 4 is 55.5 Å². The van der Waals surface area contributed by atoms with Crippen molar-refractivity contribution < 1.29 is 71.6 Å². The Labute approximate surface area is 580 Å². The maximum Gasteiger partial charge on any atom is 0.313 e. The SMILES string of the molecule is C.C.C=COC(=O)C(C)C.CC(C)=C(C)C.CC(C)C(=O)OC(C)(C)C.CC(C)C(=O)OCC1c2ccccc2-c2ccccc21.CC(C)C(=O)OCCC[Si](C)(C)C.CC(C)C(=O)OCc1ccccc1.CC(C)C(=O)OCc1ccccc1[N+](=O)[O-].CCOC(=O)C(C)C. The minimum absolute atomic E-state index is 0. The molecule has 0 aromatic heterocycles. The van der Waals surface area contributed by atoms with Gasteiger partial charge in [0.05, 0.1) is 71.4 Å². The number of benzene rings is 4. The molecule has 1 aliphatic carbocycles. The summed E-state index contributed by atoms with van der Waals surface area (Å²) in [4.78, 5) is 87.1. The lowest BCUT2D eigenvalue weighted by Crippen LogP contribution is -2.26. The van der Waals surface area contributed by atoms with E-state index in [1.165, 1.54) is 45.5 Å². The molecule has 5 rings (SSSR count). The predicted octanol–water partition coefficient (Wildman–Crippen LogP) is 19.7. The van der Waals surface area contributed by atoms with E-state index >= 15 is 0 Å². The van der Waals surface area contributed by atoms with Crippen LogP contribution in [0.3, 0.4) is 0 Å². The van der Waals surface area contributed by atoms with Gasteiger partial charge in [-0.25, -0.2) is 0 Å². The van der Waals surface area contributed by atoms with Crippen molar-refractivity contribution in [3.8, 4) is 11.1 Å². The molecule has 0 bridgehead atoms. The highest BCUT2D eigenvalue weighted by atomic mass is 28.3. The van der Waals surface area contributed by atoms with E-state index in [9.17, 15) is 43.7 Å². The van der Waals surface area contributed by atoms with Crippen molar-refractivity contribution in [3.05, 3.63) is 159 Å². The summed E-state index contributed by atoms with van der Waals surface area (Å²) < 4.78 is 34.7. The molecule has 17 nitrogen and oxygen atoms in total. The van der Waals surface area contributed by atoms with Crippen LogP contribution >= 0.6 is 0 Å². The van der Waals surface area contributed by atoms with Gasteiger partial charge in [-0.15, -0.1) is 0 Å². The number of ether oxygens (including phenoxy) is 7. The Hall–Kier alpha value is -7.73. The minimum atomic E-state index is -0.948. The van der Waals surface area contributed by atoms with Crippen molar-refractivity contribution in [2.24, 2.45) is 41.4 Å². The van der Waals surface area contributed by atoms with E-state index in [1.54, 1.807) is 52.8 Å². The number of nitro groups is 1. The lowest BCUT2D eigenvalue weighted by Gasteiger charge is -2.20. The van der Waals surface area contributed by atoms with Crippen LogP contribution in [0.2, 0.25) is 25.7 Å². The van der Waals surface area contributed by atoms with E-state index < -0.39 is 13.0 Å². The van der Waals surface area contributed by atoms with E-state index in [0.29, 0.717) is 32.0 Å². The van der Waals surface area contributed by atoms with Crippen molar-refractivity contribution in [1.29, 1.82) is 0 Å². The summed E-state index contributed by atoms with van der Waals surface area (Å²) in [6.07, 6.45) is 2.16. The number of hydrogen-bond donors (Lipinski definition) is 0. The number of nitrogens with zero attached hydrogens (tertiary/aromatic N) is 1. The Bertz CT molecular complexity index is 2850. The van der Waals surface area contributed by atoms with Crippen molar-refractivity contribution in [1.82, 2.24) is 0 Å². The van der Waals surface area contributed by atoms with Gasteiger partial charge in [0.15, 0.2) is 0 Å². The summed E-state index contributed by atoms with van der Waals surface area (Å²) in [7, 11) is -0.948. The molecular weight excluding hydrogens is 1230 g/mol. The van der Waals surface area contributed by atoms with Crippen molar-refractivity contribution in [2.45, 2.75) is 224 Å². The summed E-state index contributed by atoms with van der Waals surface area (Å²) in [5, 5.41) is 10.7. The summed E-state index contributed by atoms with van der Waals surface area (Å²) >= 11 is 0. The van der Waals surface area contributed by atoms with E-state index in [-0.39, 0.29) is 122 Å². The molecule has 542 valence electrons. The first kappa shape index (κ1) is 97.0. The van der Waals surface area contributed by atoms with Gasteiger partial charge in [-0.3, -0.25) is 43.7 Å². The van der Waals surface area contributed by atoms with Crippen molar-refractivity contribution in [2.75, 3.05) is 19.8 Å². The minimum Gasteiger partial charge on any atom is -0.466 e. The molecule has 18 heteroatoms. The highest BCUT2D eigenvalue weighted by molar-refractivity contribution is 6.76. The molecule has 4 aromatic rings. The highest BCUT2D eigenvalue weighted by Gasteiger charge is 2.29. The lowest BCUT2D eigenvalue weighted by atomic mass is 9.98. The zero-order valence-electron chi connectivity index (χ0n) is 61.6. The fraction of sp³-hybridized carbons (Fsp3) is 0.551. The molecule has 0 heterocycles. The number of carbonyl (C=O) groups is 7. The molecule has 4 aromatic carbocycles. The summed E-state index contributed by atoms with van der Waals surface area (Å²) in [6.45, 7) is 53.3. The van der Waals surface area contributed by atoms with Crippen LogP contribution in [0, 0.1) is 51.5 Å². The van der Waals surface area contributed by atoms with Gasteiger partial charge in [0.25, 0.3) is 5.69 Å². The Morgan fingerprint density at radius 1 is 0.510 bits per heavy atom. The zero-order chi connectivity index (χ0) is 73.1. The first-order valence-corrected chi connectivity index (χ1v) is 36.2. The number of fused-ring (bicyclic) bond motifs is 3. The number of hydrogen-bond acceptors (Lipinski definition) is 16. The maximum absolute atomic E-state index is 11.7. The number of carbonyl (C=O) groups excluding carboxylic acids is 7. The standard InChI is InChI=1S/C18H18O2.C11H13NO4.C11H14O2.C10H22O2Si.C8H16O2.C6H12O2.C6H10O2.C6H12.2CH4/c1-12(2)18(19)20-11-17-15-9-5-3-7-13(15)14-8-4-6-10-16(14)17;1-8(2)11(13)16-7-9-5-3-4-6-10(9)12(14)15;1-9(2)11(12)13-8-10-6-4-3-5-7-10;1-9(2)10(11)12-7-6-8-13(3,4)5;1-6(2)7(9)10-8(3,4)5;2*1-4-8-6(7)5(2)3;1-5(2)6(3)4;;/h3-10,12,17H,11H2,1-2H3;3-6,8H,7H2,1-2H3;3-7,9H,8H2,1-2H3;9H,6-8H2,1-5H3;6H,1-5H3;5H,4H2,1-3H3;4-5H,1H2,2-3H3;1-4H3;2*1H4. The van der Waals surface area contributed by atoms with Gasteiger partial charge >= 0.3 is 41.8 Å². The predicted molar refractivity (Wildman–Crippen MR) is 393 cm³/mol. The number of nitro benzene ring substituents is 1. The Kier molecular flexibility index (Phi) is 53.0. The van der Waals surface area contributed by atoms with Gasteiger partial charge in [0.2, 0.25) is 0 Å². The molecule has 0 N–H and O–H groups in total. The van der Waals surface area contributed by atoms with Crippen LogP contribution in [0.4, 0.5) is 5.69 Å². The van der Waals surface area contributed by atoms with Crippen molar-refractivity contribution in [3.63, 3.8) is 0 Å². The molecule has 0 radical (unpaired) electrons. The van der Waals surface area contributed by atoms with Crippen LogP contribution in [0.15, 0.2) is 127 Å². The number of para-hydroxylation sites is 1. The Morgan fingerprint density at radius 3 is 1.22 bits per heavy atom. The molecule has 0 saturated carbocycles. The molecule has 96 heavy (non-hydrogen) atoms. The molecule has 0 fully saturated rings. The van der Waals surface area contributed by atoms with Crippen LogP contribution in [-0.4, -0.2) is 80.2 Å². The number of allylic oxidation sites excluding steroid dienone is 2. The summed E-state index contributed by atoms with van der Waals surface area (Å²) in [5.41, 5.74) is 8.93. The average Bonchev–Trinajstić information content (AvgIpc) is 1.62. The monoisotopic (exact) mass is 1360 g/mol. The van der Waals surface area contributed by atoms with E-state index in [0.717, 1.165) is 18.2 Å². The zero-order valence-corrected chi connectivity index (χ0v) is 62.6. The molecule has 1 aliphatic rings. The third-order valence-electron chi connectivity index (χ3n) is 12.6. The van der Waals surface area contributed by atoms with Gasteiger partial charge in [0.1, 0.15) is 25.4 Å². The average molecular weight is 1360 g/mol. The van der Waals surface area contributed by atoms with Gasteiger partial charge in [-0.2, -0.15) is 0 Å². The lowest BCUT2D eigenvalue weighted by molar-refractivity contribution is -0.385. The van der Waals surface area contributed by atoms with Gasteiger partial charge in [-0.05, 0) is 95.7 Å². The second-order valence-corrected chi connectivity index (χ2v) is 32.4. The normalized spacial score (nSPS) is 10.7. The number of esters is 7. The molecular formula is C78H125NO16Si. The van der Waals surface area contributed by atoms with Crippen LogP contribution < -0.4 is 0 Å². The topological polar surface area (TPSA) is 227 Å². The molecule has 0 amide bonds. The first-order valence-electron chi connectivity index (χ1n) is 32.5. The fourth-order valence-corrected chi connectivity index (χ4v) is 7.89. The van der Waals surface area contributed by atoms with E-state index in [4.69, 9.17) is 23.7 Å². The molecule has 0 atom stereocenters. The van der Waals surface area contributed by atoms with Gasteiger partial charge in [0, 0.05) is 20.1 Å². The Balaban J connectivity index is -0.000000337. The number of rotatable bonds is 20. The summed E-state index contributed by atoms with van der Waals surface area (Å²) in [6, 6.07) is 33.8. The third-order valence-corrected chi connectivity index (χ3v) is 14.5. The summed E-state index contributed by atoms with van der Waals surface area (Å²) in [5.74, 6) is -1.49. The van der Waals surface area contributed by atoms with E-state index in [1.807, 2.05) is 132 Å². The quantitative estimate of drug-likeness (QED) is 0.0117.